The maximum Gasteiger partial charge on any atom is 0.243 e. The number of piperidine rings is 1. The third-order valence-electron chi connectivity index (χ3n) is 5.27. The number of carbonyl (C=O) groups is 1. The molecule has 7 nitrogen and oxygen atoms in total. The summed E-state index contributed by atoms with van der Waals surface area (Å²) in [6, 6.07) is 17.3. The number of rotatable bonds is 5. The summed E-state index contributed by atoms with van der Waals surface area (Å²) in [5.74, 6) is -0.154. The highest BCUT2D eigenvalue weighted by Gasteiger charge is 2.33. The van der Waals surface area contributed by atoms with E-state index in [0.717, 1.165) is 11.4 Å². The Bertz CT molecular complexity index is 1190. The van der Waals surface area contributed by atoms with Crippen LogP contribution in [0.1, 0.15) is 18.5 Å². The summed E-state index contributed by atoms with van der Waals surface area (Å²) in [7, 11) is -3.63. The number of aryl methyl sites for hydroxylation is 1. The first-order valence-electron chi connectivity index (χ1n) is 10.0. The molecule has 0 bridgehead atoms. The van der Waals surface area contributed by atoms with Gasteiger partial charge in [0, 0.05) is 24.2 Å². The van der Waals surface area contributed by atoms with Gasteiger partial charge in [-0.05, 0) is 50.1 Å². The lowest BCUT2D eigenvalue weighted by Crippen LogP contribution is -2.43. The smallest absolute Gasteiger partial charge is 0.243 e. The molecule has 0 aliphatic carbocycles. The summed E-state index contributed by atoms with van der Waals surface area (Å²) in [5, 5.41) is 7.95. The number of hydrogen-bond acceptors (Lipinski definition) is 4. The molecule has 162 valence electrons. The third-order valence-corrected chi connectivity index (χ3v) is 7.39. The van der Waals surface area contributed by atoms with E-state index in [-0.39, 0.29) is 17.3 Å². The van der Waals surface area contributed by atoms with Gasteiger partial charge in [-0.15, -0.1) is 0 Å². The molecule has 4 rings (SSSR count). The van der Waals surface area contributed by atoms with Gasteiger partial charge in [0.15, 0.2) is 0 Å². The molecule has 1 saturated heterocycles. The number of hydrogen-bond donors (Lipinski definition) is 1. The van der Waals surface area contributed by atoms with Crippen LogP contribution in [0.4, 0.5) is 5.82 Å². The lowest BCUT2D eigenvalue weighted by atomic mass is 9.99. The highest BCUT2D eigenvalue weighted by Crippen LogP contribution is 2.26. The van der Waals surface area contributed by atoms with Gasteiger partial charge in [-0.1, -0.05) is 35.9 Å². The Kier molecular flexibility index (Phi) is 6.13. The fraction of sp³-hybridized carbons (Fsp3) is 0.273. The van der Waals surface area contributed by atoms with Gasteiger partial charge in [-0.25, -0.2) is 13.1 Å². The number of nitrogens with zero attached hydrogens (tertiary/aromatic N) is 3. The zero-order valence-corrected chi connectivity index (χ0v) is 18.6. The van der Waals surface area contributed by atoms with E-state index in [0.29, 0.717) is 30.2 Å². The second-order valence-corrected chi connectivity index (χ2v) is 9.94. The van der Waals surface area contributed by atoms with Gasteiger partial charge in [0.2, 0.25) is 15.9 Å². The van der Waals surface area contributed by atoms with Crippen molar-refractivity contribution < 1.29 is 13.2 Å². The summed E-state index contributed by atoms with van der Waals surface area (Å²) >= 11 is 6.10. The van der Waals surface area contributed by atoms with Crippen LogP contribution in [0.15, 0.2) is 65.6 Å². The first-order chi connectivity index (χ1) is 14.8. The Balaban J connectivity index is 1.52. The molecule has 3 aromatic rings. The van der Waals surface area contributed by atoms with E-state index in [9.17, 15) is 13.2 Å². The van der Waals surface area contributed by atoms with Crippen molar-refractivity contribution in [1.82, 2.24) is 14.1 Å². The Morgan fingerprint density at radius 2 is 1.90 bits per heavy atom. The second kappa shape index (κ2) is 8.82. The minimum Gasteiger partial charge on any atom is -0.310 e. The zero-order valence-electron chi connectivity index (χ0n) is 17.0. The van der Waals surface area contributed by atoms with E-state index >= 15 is 0 Å². The van der Waals surface area contributed by atoms with Crippen LogP contribution in [0.3, 0.4) is 0 Å². The topological polar surface area (TPSA) is 84.3 Å². The van der Waals surface area contributed by atoms with Gasteiger partial charge in [0.05, 0.1) is 22.2 Å². The van der Waals surface area contributed by atoms with Crippen molar-refractivity contribution in [3.63, 3.8) is 0 Å². The fourth-order valence-corrected chi connectivity index (χ4v) is 5.47. The predicted molar refractivity (Wildman–Crippen MR) is 120 cm³/mol. The van der Waals surface area contributed by atoms with E-state index in [2.05, 4.69) is 10.4 Å². The lowest BCUT2D eigenvalue weighted by molar-refractivity contribution is -0.120. The number of nitrogens with one attached hydrogen (secondary N) is 1. The van der Waals surface area contributed by atoms with E-state index in [1.54, 1.807) is 53.2 Å². The van der Waals surface area contributed by atoms with Crippen molar-refractivity contribution in [3.8, 4) is 5.69 Å². The summed E-state index contributed by atoms with van der Waals surface area (Å²) in [5.41, 5.74) is 1.47. The molecule has 0 radical (unpaired) electrons. The second-order valence-electron chi connectivity index (χ2n) is 7.57. The molecule has 31 heavy (non-hydrogen) atoms. The maximum absolute atomic E-state index is 13.0. The number of sulfonamides is 1. The van der Waals surface area contributed by atoms with Gasteiger partial charge in [0.1, 0.15) is 5.82 Å². The zero-order chi connectivity index (χ0) is 22.0. The number of anilines is 1. The molecule has 1 atom stereocenters. The van der Waals surface area contributed by atoms with Crippen molar-refractivity contribution in [1.29, 1.82) is 0 Å². The first kappa shape index (κ1) is 21.5. The molecule has 1 unspecified atom stereocenters. The first-order valence-corrected chi connectivity index (χ1v) is 11.8. The third kappa shape index (κ3) is 4.66. The number of halogens is 1. The number of aromatic nitrogens is 2. The van der Waals surface area contributed by atoms with Gasteiger partial charge in [-0.3, -0.25) is 4.79 Å². The van der Waals surface area contributed by atoms with E-state index in [1.807, 2.05) is 19.1 Å². The Labute approximate surface area is 186 Å². The van der Waals surface area contributed by atoms with Crippen LogP contribution in [0, 0.1) is 12.8 Å². The monoisotopic (exact) mass is 458 g/mol. The molecule has 1 aromatic heterocycles. The highest BCUT2D eigenvalue weighted by atomic mass is 35.5. The fourth-order valence-electron chi connectivity index (χ4n) is 3.74. The SMILES string of the molecule is Cc1cc(NC(=O)C2CCCN(S(=O)(=O)c3ccccc3)C2)n(-c2cccc(Cl)c2)n1. The van der Waals surface area contributed by atoms with Gasteiger partial charge in [-0.2, -0.15) is 9.40 Å². The van der Waals surface area contributed by atoms with Crippen LogP contribution in [0.25, 0.3) is 5.69 Å². The van der Waals surface area contributed by atoms with Crippen LogP contribution in [0.2, 0.25) is 5.02 Å². The van der Waals surface area contributed by atoms with Crippen LogP contribution in [-0.4, -0.2) is 41.5 Å². The molecule has 1 fully saturated rings. The molecule has 1 aliphatic heterocycles. The molecular formula is C22H23ClN4O3S. The lowest BCUT2D eigenvalue weighted by Gasteiger charge is -2.31. The number of amides is 1. The van der Waals surface area contributed by atoms with E-state index in [1.165, 1.54) is 4.31 Å². The van der Waals surface area contributed by atoms with Crippen molar-refractivity contribution in [2.75, 3.05) is 18.4 Å². The quantitative estimate of drug-likeness (QED) is 0.629. The van der Waals surface area contributed by atoms with Gasteiger partial charge in [0.25, 0.3) is 0 Å². The molecule has 9 heteroatoms. The summed E-state index contributed by atoms with van der Waals surface area (Å²) in [6.45, 7) is 2.39. The Morgan fingerprint density at radius 1 is 1.13 bits per heavy atom. The van der Waals surface area contributed by atoms with Gasteiger partial charge >= 0.3 is 0 Å². The van der Waals surface area contributed by atoms with Crippen molar-refractivity contribution >= 4 is 33.3 Å². The largest absolute Gasteiger partial charge is 0.310 e. The standard InChI is InChI=1S/C22H23ClN4O3S/c1-16-13-21(27(25-16)19-9-5-8-18(23)14-19)24-22(28)17-7-6-12-26(15-17)31(29,30)20-10-3-2-4-11-20/h2-5,8-11,13-14,17H,6-7,12,15H2,1H3,(H,24,28). The van der Waals surface area contributed by atoms with Crippen LogP contribution in [0.5, 0.6) is 0 Å². The van der Waals surface area contributed by atoms with E-state index < -0.39 is 15.9 Å². The van der Waals surface area contributed by atoms with Crippen LogP contribution < -0.4 is 5.32 Å². The molecule has 1 aliphatic rings. The Morgan fingerprint density at radius 3 is 2.65 bits per heavy atom. The highest BCUT2D eigenvalue weighted by molar-refractivity contribution is 7.89. The van der Waals surface area contributed by atoms with Gasteiger partial charge < -0.3 is 5.32 Å². The molecule has 1 amide bonds. The number of carbonyl (C=O) groups excluding carboxylic acids is 1. The normalized spacial score (nSPS) is 17.4. The molecule has 0 spiro atoms. The maximum atomic E-state index is 13.0. The van der Waals surface area contributed by atoms with Crippen LogP contribution in [-0.2, 0) is 14.8 Å². The van der Waals surface area contributed by atoms with Crippen molar-refractivity contribution in [2.45, 2.75) is 24.7 Å². The molecule has 1 N–H and O–H groups in total. The molecule has 2 heterocycles. The minimum atomic E-state index is -3.63. The minimum absolute atomic E-state index is 0.146. The predicted octanol–water partition coefficient (Wildman–Crippen LogP) is 3.87. The number of benzene rings is 2. The van der Waals surface area contributed by atoms with E-state index in [4.69, 9.17) is 11.6 Å². The summed E-state index contributed by atoms with van der Waals surface area (Å²) in [6.07, 6.45) is 1.24. The molecule has 2 aromatic carbocycles. The average molecular weight is 459 g/mol. The molecular weight excluding hydrogens is 436 g/mol. The van der Waals surface area contributed by atoms with Crippen LogP contribution >= 0.6 is 11.6 Å². The summed E-state index contributed by atoms with van der Waals surface area (Å²) in [4.78, 5) is 13.3. The average Bonchev–Trinajstić information content (AvgIpc) is 3.14. The molecule has 0 saturated carbocycles. The van der Waals surface area contributed by atoms with Crippen molar-refractivity contribution in [2.24, 2.45) is 5.92 Å². The summed E-state index contributed by atoms with van der Waals surface area (Å²) < 4.78 is 28.9. The Hall–Kier alpha value is -2.68. The van der Waals surface area contributed by atoms with Crippen molar-refractivity contribution in [3.05, 3.63) is 71.4 Å².